The molecule has 18 heavy (non-hydrogen) atoms. The van der Waals surface area contributed by atoms with E-state index in [1.54, 1.807) is 0 Å². The van der Waals surface area contributed by atoms with E-state index in [-0.39, 0.29) is 0 Å². The van der Waals surface area contributed by atoms with Crippen LogP contribution in [0.5, 0.6) is 0 Å². The average molecular weight is 413 g/mol. The van der Waals surface area contributed by atoms with Gasteiger partial charge in [-0.2, -0.15) is 0 Å². The molecule has 0 saturated carbocycles. The van der Waals surface area contributed by atoms with Crippen molar-refractivity contribution in [1.82, 2.24) is 9.97 Å². The summed E-state index contributed by atoms with van der Waals surface area (Å²) < 4.78 is 1.67. The third-order valence-electron chi connectivity index (χ3n) is 2.27. The molecule has 96 valence electrons. The maximum atomic E-state index is 6.17. The number of hydrogen-bond acceptors (Lipinski definition) is 3. The molecule has 0 saturated heterocycles. The molecule has 2 aromatic heterocycles. The van der Waals surface area contributed by atoms with Gasteiger partial charge in [-0.3, -0.25) is 0 Å². The highest BCUT2D eigenvalue weighted by Gasteiger charge is 2.14. The van der Waals surface area contributed by atoms with Crippen molar-refractivity contribution in [3.63, 3.8) is 0 Å². The van der Waals surface area contributed by atoms with E-state index in [2.05, 4.69) is 46.4 Å². The second kappa shape index (κ2) is 6.03. The van der Waals surface area contributed by atoms with Gasteiger partial charge < -0.3 is 0 Å². The van der Waals surface area contributed by atoms with Gasteiger partial charge in [-0.25, -0.2) is 9.97 Å². The molecule has 0 aliphatic rings. The Hall–Kier alpha value is 0.0900. The van der Waals surface area contributed by atoms with Crippen molar-refractivity contribution in [1.29, 1.82) is 0 Å². The number of rotatable bonds is 3. The van der Waals surface area contributed by atoms with Gasteiger partial charge in [0.1, 0.15) is 5.15 Å². The molecule has 0 spiro atoms. The second-order valence-electron chi connectivity index (χ2n) is 4.30. The predicted octanol–water partition coefficient (Wildman–Crippen LogP) is 5.32. The van der Waals surface area contributed by atoms with Crippen LogP contribution in [0.2, 0.25) is 9.49 Å². The molecular formula is C12H11Cl2IN2S. The van der Waals surface area contributed by atoms with Crippen LogP contribution < -0.4 is 0 Å². The molecule has 2 rings (SSSR count). The number of thiophene rings is 1. The van der Waals surface area contributed by atoms with E-state index in [4.69, 9.17) is 23.2 Å². The highest BCUT2D eigenvalue weighted by molar-refractivity contribution is 14.1. The fourth-order valence-corrected chi connectivity index (χ4v) is 3.16. The lowest BCUT2D eigenvalue weighted by atomic mass is 10.1. The highest BCUT2D eigenvalue weighted by atomic mass is 127. The van der Waals surface area contributed by atoms with Gasteiger partial charge in [-0.15, -0.1) is 11.3 Å². The van der Waals surface area contributed by atoms with Crippen molar-refractivity contribution >= 4 is 57.1 Å². The Morgan fingerprint density at radius 1 is 1.28 bits per heavy atom. The fraction of sp³-hybridized carbons (Fsp3) is 0.333. The Kier molecular flexibility index (Phi) is 4.86. The first kappa shape index (κ1) is 14.5. The summed E-state index contributed by atoms with van der Waals surface area (Å²) >= 11 is 15.8. The summed E-state index contributed by atoms with van der Waals surface area (Å²) in [6.07, 6.45) is 0.895. The molecule has 0 aliphatic carbocycles. The van der Waals surface area contributed by atoms with Crippen molar-refractivity contribution < 1.29 is 0 Å². The Morgan fingerprint density at radius 3 is 2.56 bits per heavy atom. The van der Waals surface area contributed by atoms with Crippen LogP contribution in [0.4, 0.5) is 0 Å². The van der Waals surface area contributed by atoms with Crippen molar-refractivity contribution in [2.75, 3.05) is 0 Å². The van der Waals surface area contributed by atoms with E-state index in [0.717, 1.165) is 24.9 Å². The quantitative estimate of drug-likeness (QED) is 0.503. The summed E-state index contributed by atoms with van der Waals surface area (Å²) in [6.45, 7) is 4.32. The molecule has 0 unspecified atom stereocenters. The lowest BCUT2D eigenvalue weighted by Crippen LogP contribution is -2.04. The average Bonchev–Trinajstić information content (AvgIpc) is 2.70. The minimum absolute atomic E-state index is 0.515. The number of aromatic nitrogens is 2. The summed E-state index contributed by atoms with van der Waals surface area (Å²) in [5.41, 5.74) is 1.00. The maximum Gasteiger partial charge on any atom is 0.171 e. The van der Waals surface area contributed by atoms with Gasteiger partial charge in [-0.1, -0.05) is 37.0 Å². The summed E-state index contributed by atoms with van der Waals surface area (Å²) in [4.78, 5) is 9.88. The zero-order chi connectivity index (χ0) is 13.3. The number of nitrogens with zero attached hydrogens (tertiary/aromatic N) is 2. The molecule has 0 aromatic carbocycles. The predicted molar refractivity (Wildman–Crippen MR) is 86.6 cm³/mol. The van der Waals surface area contributed by atoms with E-state index in [1.807, 2.05) is 12.1 Å². The van der Waals surface area contributed by atoms with Gasteiger partial charge in [0.2, 0.25) is 0 Å². The zero-order valence-corrected chi connectivity index (χ0v) is 14.4. The van der Waals surface area contributed by atoms with Crippen LogP contribution in [0, 0.1) is 9.49 Å². The van der Waals surface area contributed by atoms with Crippen molar-refractivity contribution in [2.45, 2.75) is 20.3 Å². The Labute approximate surface area is 134 Å². The van der Waals surface area contributed by atoms with Crippen LogP contribution in [0.3, 0.4) is 0 Å². The minimum atomic E-state index is 0.515. The molecule has 0 aliphatic heterocycles. The molecule has 2 nitrogen and oxygen atoms in total. The maximum absolute atomic E-state index is 6.17. The van der Waals surface area contributed by atoms with Crippen LogP contribution >= 0.6 is 57.1 Å². The van der Waals surface area contributed by atoms with Gasteiger partial charge in [0.05, 0.1) is 18.5 Å². The first-order chi connectivity index (χ1) is 8.47. The van der Waals surface area contributed by atoms with E-state index < -0.39 is 0 Å². The smallest absolute Gasteiger partial charge is 0.171 e. The first-order valence-electron chi connectivity index (χ1n) is 5.45. The highest BCUT2D eigenvalue weighted by Crippen LogP contribution is 2.31. The lowest BCUT2D eigenvalue weighted by Gasteiger charge is -2.09. The first-order valence-corrected chi connectivity index (χ1v) is 8.10. The standard InChI is InChI=1S/C12H11Cl2IN2S/c1-6(2)5-7-10(15)11(14)17-12(16-7)8-3-4-9(13)18-8/h3-4,6H,5H2,1-2H3. The van der Waals surface area contributed by atoms with Crippen LogP contribution in [-0.4, -0.2) is 9.97 Å². The third kappa shape index (κ3) is 3.35. The molecule has 0 bridgehead atoms. The van der Waals surface area contributed by atoms with Crippen molar-refractivity contribution in [2.24, 2.45) is 5.92 Å². The molecule has 0 radical (unpaired) electrons. The summed E-state index contributed by atoms with van der Waals surface area (Å²) in [5.74, 6) is 1.19. The van der Waals surface area contributed by atoms with Gasteiger partial charge in [0, 0.05) is 0 Å². The van der Waals surface area contributed by atoms with Crippen molar-refractivity contribution in [3.05, 3.63) is 30.9 Å². The fourth-order valence-electron chi connectivity index (χ4n) is 1.53. The monoisotopic (exact) mass is 412 g/mol. The van der Waals surface area contributed by atoms with Gasteiger partial charge in [-0.05, 0) is 47.1 Å². The number of hydrogen-bond donors (Lipinski definition) is 0. The molecule has 2 heterocycles. The lowest BCUT2D eigenvalue weighted by molar-refractivity contribution is 0.632. The molecule has 0 atom stereocenters. The molecule has 6 heteroatoms. The second-order valence-corrected chi connectivity index (χ2v) is 7.45. The Balaban J connectivity index is 2.46. The van der Waals surface area contributed by atoms with Gasteiger partial charge in [0.15, 0.2) is 5.82 Å². The van der Waals surface area contributed by atoms with Crippen LogP contribution in [0.25, 0.3) is 10.7 Å². The topological polar surface area (TPSA) is 25.8 Å². The van der Waals surface area contributed by atoms with Crippen LogP contribution in [-0.2, 0) is 6.42 Å². The molecule has 0 N–H and O–H groups in total. The number of halogens is 3. The van der Waals surface area contributed by atoms with E-state index in [9.17, 15) is 0 Å². The summed E-state index contributed by atoms with van der Waals surface area (Å²) in [7, 11) is 0. The van der Waals surface area contributed by atoms with Gasteiger partial charge in [0.25, 0.3) is 0 Å². The van der Waals surface area contributed by atoms with Crippen LogP contribution in [0.15, 0.2) is 12.1 Å². The zero-order valence-electron chi connectivity index (χ0n) is 9.88. The normalized spacial score (nSPS) is 11.2. The van der Waals surface area contributed by atoms with Gasteiger partial charge >= 0.3 is 0 Å². The molecule has 2 aromatic rings. The molecule has 0 fully saturated rings. The summed E-state index contributed by atoms with van der Waals surface area (Å²) in [6, 6.07) is 3.77. The summed E-state index contributed by atoms with van der Waals surface area (Å²) in [5, 5.41) is 0.515. The van der Waals surface area contributed by atoms with E-state index in [0.29, 0.717) is 16.9 Å². The van der Waals surface area contributed by atoms with E-state index >= 15 is 0 Å². The molecular weight excluding hydrogens is 402 g/mol. The van der Waals surface area contributed by atoms with Crippen LogP contribution in [0.1, 0.15) is 19.5 Å². The molecule has 0 amide bonds. The Morgan fingerprint density at radius 2 is 2.00 bits per heavy atom. The van der Waals surface area contributed by atoms with E-state index in [1.165, 1.54) is 11.3 Å². The largest absolute Gasteiger partial charge is 0.231 e. The SMILES string of the molecule is CC(C)Cc1nc(-c2ccc(Cl)s2)nc(Cl)c1I. The Bertz CT molecular complexity index is 569. The third-order valence-corrected chi connectivity index (χ3v) is 5.23. The van der Waals surface area contributed by atoms with Crippen molar-refractivity contribution in [3.8, 4) is 10.7 Å². The minimum Gasteiger partial charge on any atom is -0.231 e.